The highest BCUT2D eigenvalue weighted by molar-refractivity contribution is 7.10. The first-order valence-electron chi connectivity index (χ1n) is 8.78. The van der Waals surface area contributed by atoms with E-state index in [9.17, 15) is 14.9 Å². The largest absolute Gasteiger partial charge is 0.476 e. The first kappa shape index (κ1) is 18.1. The minimum Gasteiger partial charge on any atom is -0.476 e. The fourth-order valence-electron chi connectivity index (χ4n) is 3.43. The summed E-state index contributed by atoms with van der Waals surface area (Å²) in [7, 11) is 0. The van der Waals surface area contributed by atoms with Gasteiger partial charge in [0, 0.05) is 11.4 Å². The van der Waals surface area contributed by atoms with Gasteiger partial charge in [0.05, 0.1) is 6.04 Å². The summed E-state index contributed by atoms with van der Waals surface area (Å²) in [5.41, 5.74) is 2.16. The molecule has 3 heterocycles. The zero-order valence-corrected chi connectivity index (χ0v) is 15.7. The van der Waals surface area contributed by atoms with Crippen LogP contribution in [0.15, 0.2) is 60.1 Å². The van der Waals surface area contributed by atoms with Gasteiger partial charge in [-0.1, -0.05) is 30.3 Å². The van der Waals surface area contributed by atoms with E-state index in [-0.39, 0.29) is 24.3 Å². The Labute approximate surface area is 165 Å². The van der Waals surface area contributed by atoms with Crippen molar-refractivity contribution in [1.29, 1.82) is 0 Å². The van der Waals surface area contributed by atoms with Crippen molar-refractivity contribution >= 4 is 23.1 Å². The number of aromatic nitrogens is 1. The number of thiophene rings is 1. The molecule has 0 fully saturated rings. The van der Waals surface area contributed by atoms with E-state index in [0.29, 0.717) is 6.54 Å². The first-order chi connectivity index (χ1) is 13.6. The number of amides is 1. The van der Waals surface area contributed by atoms with Gasteiger partial charge in [-0.25, -0.2) is 0 Å². The van der Waals surface area contributed by atoms with Gasteiger partial charge in [0.25, 0.3) is 5.91 Å². The van der Waals surface area contributed by atoms with Crippen molar-refractivity contribution in [3.8, 4) is 5.75 Å². The van der Waals surface area contributed by atoms with Gasteiger partial charge in [0.2, 0.25) is 5.75 Å². The molecule has 0 spiro atoms. The molecule has 0 unspecified atom stereocenters. The lowest BCUT2D eigenvalue weighted by molar-refractivity contribution is -0.390. The third kappa shape index (κ3) is 3.46. The van der Waals surface area contributed by atoms with Gasteiger partial charge in [-0.15, -0.1) is 11.3 Å². The highest BCUT2D eigenvalue weighted by atomic mass is 32.1. The van der Waals surface area contributed by atoms with Gasteiger partial charge >= 0.3 is 5.82 Å². The van der Waals surface area contributed by atoms with Gasteiger partial charge in [-0.3, -0.25) is 4.79 Å². The quantitative estimate of drug-likeness (QED) is 0.487. The molecule has 4 rings (SSSR count). The average molecular weight is 395 g/mol. The fourth-order valence-corrected chi connectivity index (χ4v) is 4.34. The van der Waals surface area contributed by atoms with Crippen LogP contribution in [-0.2, 0) is 11.2 Å². The van der Waals surface area contributed by atoms with Crippen LogP contribution < -0.4 is 4.74 Å². The Morgan fingerprint density at radius 2 is 2.07 bits per heavy atom. The van der Waals surface area contributed by atoms with E-state index in [1.807, 2.05) is 35.7 Å². The van der Waals surface area contributed by atoms with Crippen molar-refractivity contribution in [3.63, 3.8) is 0 Å². The third-order valence-corrected chi connectivity index (χ3v) is 5.67. The molecular weight excluding hydrogens is 378 g/mol. The van der Waals surface area contributed by atoms with Crippen molar-refractivity contribution < 1.29 is 14.5 Å². The van der Waals surface area contributed by atoms with Crippen LogP contribution in [0, 0.1) is 10.1 Å². The molecule has 0 aliphatic carbocycles. The highest BCUT2D eigenvalue weighted by Gasteiger charge is 2.33. The minimum absolute atomic E-state index is 0.00894. The molecule has 0 saturated heterocycles. The lowest BCUT2D eigenvalue weighted by Gasteiger charge is -2.36. The van der Waals surface area contributed by atoms with E-state index in [0.717, 1.165) is 17.5 Å². The van der Waals surface area contributed by atoms with Crippen LogP contribution in [0.3, 0.4) is 0 Å². The molecule has 2 aromatic heterocycles. The number of pyridine rings is 1. The van der Waals surface area contributed by atoms with E-state index >= 15 is 0 Å². The minimum atomic E-state index is -0.620. The van der Waals surface area contributed by atoms with Gasteiger partial charge in [0.15, 0.2) is 6.61 Å². The Morgan fingerprint density at radius 1 is 1.25 bits per heavy atom. The molecule has 7 nitrogen and oxygen atoms in total. The van der Waals surface area contributed by atoms with E-state index in [1.54, 1.807) is 16.2 Å². The Bertz CT molecular complexity index is 1010. The molecule has 0 bridgehead atoms. The monoisotopic (exact) mass is 395 g/mol. The number of fused-ring (bicyclic) bond motifs is 1. The van der Waals surface area contributed by atoms with Crippen molar-refractivity contribution in [2.75, 3.05) is 13.2 Å². The van der Waals surface area contributed by atoms with E-state index in [1.165, 1.54) is 23.2 Å². The number of carbonyl (C=O) groups excluding carboxylic acids is 1. The van der Waals surface area contributed by atoms with Crippen LogP contribution in [-0.4, -0.2) is 33.9 Å². The predicted molar refractivity (Wildman–Crippen MR) is 104 cm³/mol. The average Bonchev–Trinajstić information content (AvgIpc) is 3.21. The summed E-state index contributed by atoms with van der Waals surface area (Å²) in [6.45, 7) is 0.291. The highest BCUT2D eigenvalue weighted by Crippen LogP contribution is 2.37. The fraction of sp³-hybridized carbons (Fsp3) is 0.200. The second-order valence-corrected chi connectivity index (χ2v) is 7.32. The normalized spacial score (nSPS) is 15.7. The van der Waals surface area contributed by atoms with Crippen molar-refractivity contribution in [2.24, 2.45) is 0 Å². The standard InChI is InChI=1S/C20H17N3O4S/c24-18(13-27-16-7-4-10-21-20(16)23(25)26)22-11-8-17-15(9-12-28-17)19(22)14-5-2-1-3-6-14/h1-7,9-10,12,19H,8,11,13H2/t19-/m0/s1. The summed E-state index contributed by atoms with van der Waals surface area (Å²) >= 11 is 1.70. The molecule has 1 aliphatic heterocycles. The molecule has 0 radical (unpaired) electrons. The van der Waals surface area contributed by atoms with Gasteiger partial charge in [0.1, 0.15) is 6.20 Å². The Hall–Kier alpha value is -3.26. The second-order valence-electron chi connectivity index (χ2n) is 6.32. The molecule has 1 aromatic carbocycles. The smallest absolute Gasteiger partial charge is 0.406 e. The summed E-state index contributed by atoms with van der Waals surface area (Å²) < 4.78 is 5.47. The molecule has 8 heteroatoms. The van der Waals surface area contributed by atoms with Crippen LogP contribution in [0.5, 0.6) is 5.75 Å². The van der Waals surface area contributed by atoms with Crippen molar-refractivity contribution in [2.45, 2.75) is 12.5 Å². The second kappa shape index (κ2) is 7.77. The molecule has 0 saturated carbocycles. The zero-order valence-electron chi connectivity index (χ0n) is 14.9. The number of hydrogen-bond donors (Lipinski definition) is 0. The lowest BCUT2D eigenvalue weighted by atomic mass is 9.93. The topological polar surface area (TPSA) is 85.6 Å². The number of carbonyl (C=O) groups is 1. The van der Waals surface area contributed by atoms with Crippen LogP contribution in [0.2, 0.25) is 0 Å². The number of ether oxygens (including phenoxy) is 1. The summed E-state index contributed by atoms with van der Waals surface area (Å²) in [6.07, 6.45) is 2.11. The van der Waals surface area contributed by atoms with Crippen molar-refractivity contribution in [3.05, 3.63) is 86.2 Å². The number of nitrogens with zero attached hydrogens (tertiary/aromatic N) is 3. The molecule has 1 atom stereocenters. The molecule has 3 aromatic rings. The Kier molecular flexibility index (Phi) is 5.03. The third-order valence-electron chi connectivity index (χ3n) is 4.68. The maximum Gasteiger partial charge on any atom is 0.406 e. The summed E-state index contributed by atoms with van der Waals surface area (Å²) in [5, 5.41) is 13.1. The molecule has 1 aliphatic rings. The summed E-state index contributed by atoms with van der Waals surface area (Å²) in [4.78, 5) is 30.2. The van der Waals surface area contributed by atoms with Crippen LogP contribution >= 0.6 is 11.3 Å². The van der Waals surface area contributed by atoms with E-state index in [4.69, 9.17) is 4.74 Å². The van der Waals surface area contributed by atoms with E-state index < -0.39 is 10.7 Å². The van der Waals surface area contributed by atoms with Crippen molar-refractivity contribution in [1.82, 2.24) is 9.88 Å². The van der Waals surface area contributed by atoms with E-state index in [2.05, 4.69) is 11.1 Å². The Morgan fingerprint density at radius 3 is 2.86 bits per heavy atom. The SMILES string of the molecule is O=C(COc1cccnc1[N+](=O)[O-])N1CCc2sccc2[C@@H]1c1ccccc1. The number of benzene rings is 1. The first-order valence-corrected chi connectivity index (χ1v) is 9.66. The molecule has 0 N–H and O–H groups in total. The maximum absolute atomic E-state index is 13.0. The maximum atomic E-state index is 13.0. The van der Waals surface area contributed by atoms with Crippen LogP contribution in [0.25, 0.3) is 0 Å². The molecule has 1 amide bonds. The van der Waals surface area contributed by atoms with Crippen LogP contribution in [0.1, 0.15) is 22.0 Å². The zero-order chi connectivity index (χ0) is 19.5. The lowest BCUT2D eigenvalue weighted by Crippen LogP contribution is -2.42. The summed E-state index contributed by atoms with van der Waals surface area (Å²) in [6, 6.07) is 14.7. The van der Waals surface area contributed by atoms with Gasteiger partial charge < -0.3 is 19.8 Å². The predicted octanol–water partition coefficient (Wildman–Crippen LogP) is 3.60. The van der Waals surface area contributed by atoms with Gasteiger partial charge in [-0.05, 0) is 51.0 Å². The molecule has 28 heavy (non-hydrogen) atoms. The number of nitro groups is 1. The van der Waals surface area contributed by atoms with Gasteiger partial charge in [-0.2, -0.15) is 0 Å². The number of hydrogen-bond acceptors (Lipinski definition) is 6. The molecule has 142 valence electrons. The molecular formula is C20H17N3O4S. The summed E-state index contributed by atoms with van der Waals surface area (Å²) in [5.74, 6) is -0.622. The van der Waals surface area contributed by atoms with Crippen LogP contribution in [0.4, 0.5) is 5.82 Å². The number of rotatable bonds is 5. The Balaban J connectivity index is 1.57.